The van der Waals surface area contributed by atoms with Crippen LogP contribution in [0.4, 0.5) is 5.69 Å². The van der Waals surface area contributed by atoms with Crippen LogP contribution >= 0.6 is 0 Å². The molecule has 0 aromatic heterocycles. The van der Waals surface area contributed by atoms with Crippen LogP contribution in [0.3, 0.4) is 0 Å². The number of nitrogens with zero attached hydrogens (tertiary/aromatic N) is 2. The quantitative estimate of drug-likeness (QED) is 0.470. The van der Waals surface area contributed by atoms with Crippen LogP contribution in [0.15, 0.2) is 36.9 Å². The van der Waals surface area contributed by atoms with Gasteiger partial charge < -0.3 is 9.64 Å². The van der Waals surface area contributed by atoms with E-state index in [1.165, 1.54) is 12.1 Å². The lowest BCUT2D eigenvalue weighted by atomic mass is 10.1. The third-order valence-corrected chi connectivity index (χ3v) is 2.97. The summed E-state index contributed by atoms with van der Waals surface area (Å²) in [6, 6.07) is 6.19. The first kappa shape index (κ1) is 13.2. The highest BCUT2D eigenvalue weighted by Crippen LogP contribution is 2.24. The van der Waals surface area contributed by atoms with Crippen molar-refractivity contribution in [3.63, 3.8) is 0 Å². The van der Waals surface area contributed by atoms with Crippen LogP contribution in [0.25, 0.3) is 0 Å². The van der Waals surface area contributed by atoms with Crippen molar-refractivity contribution < 1.29 is 14.5 Å². The van der Waals surface area contributed by atoms with Gasteiger partial charge in [0.05, 0.1) is 11.5 Å². The maximum absolute atomic E-state index is 11.6. The van der Waals surface area contributed by atoms with Crippen molar-refractivity contribution >= 4 is 11.6 Å². The normalized spacial score (nSPS) is 19.3. The summed E-state index contributed by atoms with van der Waals surface area (Å²) in [6.45, 7) is 4.54. The van der Waals surface area contributed by atoms with Gasteiger partial charge in [-0.2, -0.15) is 0 Å². The third-order valence-electron chi connectivity index (χ3n) is 2.97. The van der Waals surface area contributed by atoms with Gasteiger partial charge in [-0.05, 0) is 17.7 Å². The average molecular weight is 262 g/mol. The number of carbonyl (C=O) groups excluding carboxylic acids is 1. The predicted molar refractivity (Wildman–Crippen MR) is 68.6 cm³/mol. The maximum Gasteiger partial charge on any atom is 0.269 e. The van der Waals surface area contributed by atoms with Crippen molar-refractivity contribution in [2.24, 2.45) is 0 Å². The van der Waals surface area contributed by atoms with E-state index < -0.39 is 4.92 Å². The molecule has 1 heterocycles. The summed E-state index contributed by atoms with van der Waals surface area (Å²) in [6.07, 6.45) is 1.41. The van der Waals surface area contributed by atoms with Crippen LogP contribution < -0.4 is 0 Å². The fourth-order valence-electron chi connectivity index (χ4n) is 1.96. The molecule has 6 heteroatoms. The molecule has 1 aliphatic rings. The Balaban J connectivity index is 2.11. The fourth-order valence-corrected chi connectivity index (χ4v) is 1.96. The highest BCUT2D eigenvalue weighted by molar-refractivity contribution is 5.78. The second-order valence-corrected chi connectivity index (χ2v) is 4.24. The number of rotatable bonds is 4. The summed E-state index contributed by atoms with van der Waals surface area (Å²) in [4.78, 5) is 23.4. The number of ether oxygens (including phenoxy) is 1. The van der Waals surface area contributed by atoms with E-state index in [1.54, 1.807) is 23.1 Å². The minimum atomic E-state index is -0.445. The number of non-ortho nitro benzene ring substituents is 1. The third kappa shape index (κ3) is 2.97. The van der Waals surface area contributed by atoms with E-state index in [4.69, 9.17) is 4.74 Å². The van der Waals surface area contributed by atoms with Gasteiger partial charge in [-0.15, -0.1) is 6.58 Å². The first-order chi connectivity index (χ1) is 9.11. The van der Waals surface area contributed by atoms with Crippen molar-refractivity contribution in [2.75, 3.05) is 19.7 Å². The largest absolute Gasteiger partial charge is 0.362 e. The molecule has 0 spiro atoms. The molecule has 0 aliphatic carbocycles. The van der Waals surface area contributed by atoms with Crippen molar-refractivity contribution in [3.8, 4) is 0 Å². The molecule has 19 heavy (non-hydrogen) atoms. The zero-order valence-electron chi connectivity index (χ0n) is 10.3. The molecule has 1 fully saturated rings. The molecule has 0 unspecified atom stereocenters. The van der Waals surface area contributed by atoms with E-state index in [2.05, 4.69) is 6.58 Å². The Morgan fingerprint density at radius 2 is 2.16 bits per heavy atom. The van der Waals surface area contributed by atoms with Gasteiger partial charge in [0.2, 0.25) is 5.91 Å². The van der Waals surface area contributed by atoms with Gasteiger partial charge in [0.15, 0.2) is 0 Å². The summed E-state index contributed by atoms with van der Waals surface area (Å²) in [5, 5.41) is 10.6. The first-order valence-electron chi connectivity index (χ1n) is 5.86. The Labute approximate surface area is 110 Å². The number of nitro benzene ring substituents is 1. The molecule has 1 aliphatic heterocycles. The summed E-state index contributed by atoms with van der Waals surface area (Å²) in [5.41, 5.74) is 0.866. The maximum atomic E-state index is 11.6. The van der Waals surface area contributed by atoms with Gasteiger partial charge in [-0.25, -0.2) is 0 Å². The van der Waals surface area contributed by atoms with Gasteiger partial charge in [0.1, 0.15) is 12.7 Å². The predicted octanol–water partition coefficient (Wildman–Crippen LogP) is 1.68. The van der Waals surface area contributed by atoms with E-state index in [9.17, 15) is 14.9 Å². The number of carbonyl (C=O) groups is 1. The molecule has 0 N–H and O–H groups in total. The van der Waals surface area contributed by atoms with Crippen LogP contribution in [-0.4, -0.2) is 35.4 Å². The molecular weight excluding hydrogens is 248 g/mol. The van der Waals surface area contributed by atoms with Gasteiger partial charge in [-0.3, -0.25) is 14.9 Å². The molecule has 100 valence electrons. The second-order valence-electron chi connectivity index (χ2n) is 4.24. The van der Waals surface area contributed by atoms with E-state index in [1.807, 2.05) is 0 Å². The van der Waals surface area contributed by atoms with Crippen LogP contribution in [0, 0.1) is 10.1 Å². The molecule has 0 saturated carbocycles. The fraction of sp³-hybridized carbons (Fsp3) is 0.308. The molecule has 0 bridgehead atoms. The van der Waals surface area contributed by atoms with Crippen LogP contribution in [0.2, 0.25) is 0 Å². The number of hydrogen-bond acceptors (Lipinski definition) is 4. The Bertz CT molecular complexity index is 498. The zero-order chi connectivity index (χ0) is 13.8. The summed E-state index contributed by atoms with van der Waals surface area (Å²) in [7, 11) is 0. The molecule has 1 amide bonds. The van der Waals surface area contributed by atoms with Crippen molar-refractivity contribution in [2.45, 2.75) is 6.10 Å². The van der Waals surface area contributed by atoms with Gasteiger partial charge in [0.25, 0.3) is 5.69 Å². The second kappa shape index (κ2) is 5.62. The smallest absolute Gasteiger partial charge is 0.269 e. The Morgan fingerprint density at radius 3 is 2.74 bits per heavy atom. The van der Waals surface area contributed by atoms with Crippen molar-refractivity contribution in [1.29, 1.82) is 0 Å². The topological polar surface area (TPSA) is 72.7 Å². The zero-order valence-corrected chi connectivity index (χ0v) is 10.3. The highest BCUT2D eigenvalue weighted by Gasteiger charge is 2.26. The Morgan fingerprint density at radius 1 is 1.47 bits per heavy atom. The summed E-state index contributed by atoms with van der Waals surface area (Å²) >= 11 is 0. The number of hydrogen-bond donors (Lipinski definition) is 0. The molecule has 1 saturated heterocycles. The summed E-state index contributed by atoms with van der Waals surface area (Å²) < 4.78 is 5.46. The van der Waals surface area contributed by atoms with Crippen LogP contribution in [-0.2, 0) is 9.53 Å². The lowest BCUT2D eigenvalue weighted by Gasteiger charge is -2.32. The monoisotopic (exact) mass is 262 g/mol. The minimum absolute atomic E-state index is 0.0233. The number of benzene rings is 1. The Kier molecular flexibility index (Phi) is 3.91. The molecule has 1 aromatic carbocycles. The molecule has 6 nitrogen and oxygen atoms in total. The van der Waals surface area contributed by atoms with Gasteiger partial charge in [-0.1, -0.05) is 6.08 Å². The van der Waals surface area contributed by atoms with Crippen LogP contribution in [0.5, 0.6) is 0 Å². The lowest BCUT2D eigenvalue weighted by Crippen LogP contribution is -2.43. The minimum Gasteiger partial charge on any atom is -0.362 e. The van der Waals surface area contributed by atoms with E-state index in [0.29, 0.717) is 13.1 Å². The van der Waals surface area contributed by atoms with E-state index in [-0.39, 0.29) is 24.3 Å². The average Bonchev–Trinajstić information content (AvgIpc) is 2.41. The highest BCUT2D eigenvalue weighted by atomic mass is 16.6. The first-order valence-corrected chi connectivity index (χ1v) is 5.86. The number of amides is 1. The Hall–Kier alpha value is -2.21. The molecule has 1 atom stereocenters. The van der Waals surface area contributed by atoms with Crippen molar-refractivity contribution in [1.82, 2.24) is 4.90 Å². The standard InChI is InChI=1S/C13H14N2O4/c1-2-7-14-8-12(19-9-13(14)16)10-3-5-11(6-4-10)15(17)18/h2-6,12H,1,7-9H2/t12-/m0/s1. The number of nitro groups is 1. The van der Waals surface area contributed by atoms with E-state index in [0.717, 1.165) is 5.56 Å². The van der Waals surface area contributed by atoms with Gasteiger partial charge >= 0.3 is 0 Å². The lowest BCUT2D eigenvalue weighted by molar-refractivity contribution is -0.384. The van der Waals surface area contributed by atoms with E-state index >= 15 is 0 Å². The SMILES string of the molecule is C=CCN1C[C@@H](c2ccc([N+](=O)[O-])cc2)OCC1=O. The molecule has 2 rings (SSSR count). The molecule has 1 aromatic rings. The van der Waals surface area contributed by atoms with Crippen LogP contribution in [0.1, 0.15) is 11.7 Å². The van der Waals surface area contributed by atoms with Gasteiger partial charge in [0, 0.05) is 18.7 Å². The molecular formula is C13H14N2O4. The van der Waals surface area contributed by atoms with Crippen molar-refractivity contribution in [3.05, 3.63) is 52.6 Å². The number of morpholine rings is 1. The molecule has 0 radical (unpaired) electrons. The summed E-state index contributed by atoms with van der Waals surface area (Å²) in [5.74, 6) is -0.0712.